The third-order valence-corrected chi connectivity index (χ3v) is 7.00. The first-order valence-electron chi connectivity index (χ1n) is 10.2. The van der Waals surface area contributed by atoms with Gasteiger partial charge >= 0.3 is 5.97 Å². The summed E-state index contributed by atoms with van der Waals surface area (Å²) in [5.74, 6) is -0.225. The molecule has 1 fully saturated rings. The molecule has 3 aromatic rings. The van der Waals surface area contributed by atoms with Gasteiger partial charge in [0.05, 0.1) is 29.1 Å². The first-order valence-corrected chi connectivity index (χ1v) is 11.7. The molecular formula is C20H24N6O5S. The maximum absolute atomic E-state index is 13.0. The van der Waals surface area contributed by atoms with Gasteiger partial charge in [-0.05, 0) is 24.6 Å². The van der Waals surface area contributed by atoms with Gasteiger partial charge in [0.2, 0.25) is 10.0 Å². The molecule has 0 unspecified atom stereocenters. The summed E-state index contributed by atoms with van der Waals surface area (Å²) in [4.78, 5) is 24.8. The number of fused-ring (bicyclic) bond motifs is 1. The number of carbonyl (C=O) groups excluding carboxylic acids is 1. The summed E-state index contributed by atoms with van der Waals surface area (Å²) < 4.78 is 39.9. The number of anilines is 1. The van der Waals surface area contributed by atoms with Crippen molar-refractivity contribution in [3.05, 3.63) is 42.1 Å². The first kappa shape index (κ1) is 22.1. The summed E-state index contributed by atoms with van der Waals surface area (Å²) in [5.41, 5.74) is 6.89. The summed E-state index contributed by atoms with van der Waals surface area (Å²) in [6, 6.07) is 4.87. The van der Waals surface area contributed by atoms with Gasteiger partial charge in [-0.1, -0.05) is 6.92 Å². The van der Waals surface area contributed by atoms with Crippen molar-refractivity contribution in [3.63, 3.8) is 0 Å². The fraction of sp³-hybridized carbons (Fsp3) is 0.400. The Morgan fingerprint density at radius 2 is 1.97 bits per heavy atom. The molecule has 0 bridgehead atoms. The lowest BCUT2D eigenvalue weighted by atomic mass is 10.3. The summed E-state index contributed by atoms with van der Waals surface area (Å²) in [7, 11) is -3.65. The minimum Gasteiger partial charge on any atom is -0.453 e. The van der Waals surface area contributed by atoms with Crippen LogP contribution in [0.15, 0.2) is 35.5 Å². The number of sulfonamides is 1. The molecule has 2 aromatic heterocycles. The molecule has 0 saturated carbocycles. The number of aromatic nitrogens is 4. The number of ether oxygens (including phenoxy) is 2. The number of morpholine rings is 1. The predicted molar refractivity (Wildman–Crippen MR) is 115 cm³/mol. The monoisotopic (exact) mass is 460 g/mol. The first-order chi connectivity index (χ1) is 15.4. The summed E-state index contributed by atoms with van der Waals surface area (Å²) in [6.07, 6.45) is 3.56. The Morgan fingerprint density at radius 3 is 2.69 bits per heavy atom. The Labute approximate surface area is 185 Å². The van der Waals surface area contributed by atoms with Crippen LogP contribution < -0.4 is 5.73 Å². The second-order valence-corrected chi connectivity index (χ2v) is 9.15. The molecule has 170 valence electrons. The molecule has 0 radical (unpaired) electrons. The molecule has 1 aliphatic heterocycles. The third kappa shape index (κ3) is 4.29. The number of benzene rings is 1. The normalized spacial score (nSPS) is 15.2. The van der Waals surface area contributed by atoms with E-state index in [0.717, 1.165) is 11.9 Å². The summed E-state index contributed by atoms with van der Waals surface area (Å²) >= 11 is 0. The highest BCUT2D eigenvalue weighted by molar-refractivity contribution is 7.89. The zero-order chi connectivity index (χ0) is 22.7. The average Bonchev–Trinajstić information content (AvgIpc) is 3.15. The third-order valence-electron chi connectivity index (χ3n) is 5.11. The van der Waals surface area contributed by atoms with Crippen molar-refractivity contribution in [1.82, 2.24) is 23.8 Å². The smallest absolute Gasteiger partial charge is 0.361 e. The van der Waals surface area contributed by atoms with E-state index >= 15 is 0 Å². The standard InChI is InChI=1S/C20H24N6O5S/c1-2-7-26-16-4-3-14(32(28,29)25-8-10-30-11-9-25)12-15(16)24-17(26)13-31-20(27)18-19(21)23-6-5-22-18/h3-6,12H,2,7-11,13H2,1H3,(H2,21,23). The highest BCUT2D eigenvalue weighted by Gasteiger charge is 2.27. The van der Waals surface area contributed by atoms with Crippen molar-refractivity contribution in [2.45, 2.75) is 31.4 Å². The van der Waals surface area contributed by atoms with Crippen LogP contribution >= 0.6 is 0 Å². The molecule has 1 aromatic carbocycles. The van der Waals surface area contributed by atoms with Crippen molar-refractivity contribution in [2.75, 3.05) is 32.0 Å². The van der Waals surface area contributed by atoms with E-state index in [0.29, 0.717) is 44.2 Å². The predicted octanol–water partition coefficient (Wildman–Crippen LogP) is 1.20. The lowest BCUT2D eigenvalue weighted by molar-refractivity contribution is 0.0452. The topological polar surface area (TPSA) is 143 Å². The van der Waals surface area contributed by atoms with E-state index in [1.807, 2.05) is 11.5 Å². The van der Waals surface area contributed by atoms with Crippen LogP contribution in [0.2, 0.25) is 0 Å². The van der Waals surface area contributed by atoms with Crippen molar-refractivity contribution in [3.8, 4) is 0 Å². The van der Waals surface area contributed by atoms with Crippen LogP contribution in [0.4, 0.5) is 5.82 Å². The van der Waals surface area contributed by atoms with Crippen LogP contribution in [0.1, 0.15) is 29.7 Å². The molecule has 1 saturated heterocycles. The number of hydrogen-bond donors (Lipinski definition) is 1. The highest BCUT2D eigenvalue weighted by atomic mass is 32.2. The summed E-state index contributed by atoms with van der Waals surface area (Å²) in [6.45, 7) is 3.91. The highest BCUT2D eigenvalue weighted by Crippen LogP contribution is 2.24. The van der Waals surface area contributed by atoms with E-state index in [2.05, 4.69) is 15.0 Å². The number of esters is 1. The minimum absolute atomic E-state index is 0.0162. The van der Waals surface area contributed by atoms with Crippen LogP contribution in [0.3, 0.4) is 0 Å². The van der Waals surface area contributed by atoms with E-state index in [9.17, 15) is 13.2 Å². The fourth-order valence-electron chi connectivity index (χ4n) is 3.54. The molecule has 0 atom stereocenters. The number of carbonyl (C=O) groups is 1. The van der Waals surface area contributed by atoms with Crippen molar-refractivity contribution in [2.24, 2.45) is 0 Å². The number of nitrogens with two attached hydrogens (primary N) is 1. The van der Waals surface area contributed by atoms with Gasteiger partial charge in [-0.2, -0.15) is 4.31 Å². The van der Waals surface area contributed by atoms with Gasteiger partial charge < -0.3 is 19.8 Å². The zero-order valence-electron chi connectivity index (χ0n) is 17.6. The van der Waals surface area contributed by atoms with Crippen molar-refractivity contribution < 1.29 is 22.7 Å². The van der Waals surface area contributed by atoms with Crippen molar-refractivity contribution in [1.29, 1.82) is 0 Å². The van der Waals surface area contributed by atoms with Crippen LogP contribution in [-0.4, -0.2) is 64.5 Å². The molecule has 12 heteroatoms. The number of aryl methyl sites for hydroxylation is 1. The molecule has 0 amide bonds. The van der Waals surface area contributed by atoms with Crippen LogP contribution in [0, 0.1) is 0 Å². The van der Waals surface area contributed by atoms with E-state index in [4.69, 9.17) is 15.2 Å². The Morgan fingerprint density at radius 1 is 1.22 bits per heavy atom. The van der Waals surface area contributed by atoms with Crippen LogP contribution in [-0.2, 0) is 32.6 Å². The molecule has 1 aliphatic rings. The average molecular weight is 461 g/mol. The van der Waals surface area contributed by atoms with E-state index < -0.39 is 16.0 Å². The van der Waals surface area contributed by atoms with E-state index in [1.54, 1.807) is 18.2 Å². The fourth-order valence-corrected chi connectivity index (χ4v) is 4.97. The Kier molecular flexibility index (Phi) is 6.35. The van der Waals surface area contributed by atoms with Gasteiger partial charge in [-0.15, -0.1) is 0 Å². The SMILES string of the molecule is CCCn1c(COC(=O)c2nccnc2N)nc2cc(S(=O)(=O)N3CCOCC3)ccc21. The minimum atomic E-state index is -3.65. The van der Waals surface area contributed by atoms with E-state index in [1.165, 1.54) is 16.7 Å². The van der Waals surface area contributed by atoms with Gasteiger partial charge in [-0.3, -0.25) is 0 Å². The number of hydrogen-bond acceptors (Lipinski definition) is 9. The van der Waals surface area contributed by atoms with Crippen molar-refractivity contribution >= 4 is 32.8 Å². The molecule has 2 N–H and O–H groups in total. The lowest BCUT2D eigenvalue weighted by Gasteiger charge is -2.26. The van der Waals surface area contributed by atoms with Gasteiger partial charge in [0.15, 0.2) is 11.5 Å². The molecule has 11 nitrogen and oxygen atoms in total. The van der Waals surface area contributed by atoms with Gasteiger partial charge in [-0.25, -0.2) is 28.2 Å². The maximum atomic E-state index is 13.0. The number of nitrogen functional groups attached to an aromatic ring is 1. The van der Waals surface area contributed by atoms with E-state index in [-0.39, 0.29) is 23.0 Å². The zero-order valence-corrected chi connectivity index (χ0v) is 18.4. The molecular weight excluding hydrogens is 436 g/mol. The van der Waals surface area contributed by atoms with Crippen LogP contribution in [0.25, 0.3) is 11.0 Å². The van der Waals surface area contributed by atoms with Gasteiger partial charge in [0.1, 0.15) is 12.4 Å². The molecule has 4 rings (SSSR count). The molecule has 0 aliphatic carbocycles. The largest absolute Gasteiger partial charge is 0.453 e. The molecule has 32 heavy (non-hydrogen) atoms. The Bertz CT molecular complexity index is 1240. The molecule has 3 heterocycles. The quantitative estimate of drug-likeness (QED) is 0.514. The second-order valence-electron chi connectivity index (χ2n) is 7.21. The molecule has 0 spiro atoms. The van der Waals surface area contributed by atoms with Crippen LogP contribution in [0.5, 0.6) is 0 Å². The summed E-state index contributed by atoms with van der Waals surface area (Å²) in [5, 5.41) is 0. The number of rotatable bonds is 7. The second kappa shape index (κ2) is 9.18. The maximum Gasteiger partial charge on any atom is 0.361 e. The number of nitrogens with zero attached hydrogens (tertiary/aromatic N) is 5. The van der Waals surface area contributed by atoms with Gasteiger partial charge in [0.25, 0.3) is 0 Å². The Hall–Kier alpha value is -3.09. The Balaban J connectivity index is 1.62. The lowest BCUT2D eigenvalue weighted by Crippen LogP contribution is -2.40. The number of imidazole rings is 1. The van der Waals surface area contributed by atoms with Gasteiger partial charge in [0, 0.05) is 32.0 Å².